The average molecular weight is 1010 g/mol. The van der Waals surface area contributed by atoms with Crippen LogP contribution < -0.4 is 0 Å². The first-order valence-electron chi connectivity index (χ1n) is 23.9. The first-order valence-corrected chi connectivity index (χ1v) is 23.9. The molecule has 376 valence electrons. The number of hydrogen-bond donors (Lipinski definition) is 4. The molecule has 76 heavy (non-hydrogen) atoms. The Labute approximate surface area is 435 Å². The minimum atomic E-state index is -0.843. The number of aromatic hydroxyl groups is 4. The minimum absolute atomic E-state index is 0.532. The molecule has 3 aromatic heterocycles. The van der Waals surface area contributed by atoms with Crippen LogP contribution in [0.5, 0.6) is 23.0 Å². The standard InChI is InChI=1S/C16H10.2C13H9N.C8H12N2.2C6H5NO4/c1-3-11-7-9-13-5-2-6-14-10-8-12(4-1)15(11)16(13)14;2*1-3-7-12-10(5-1)9-11-6-2-4-8-13(11)14-12;1-5-6(2)10-8(4)7(3)9-5;2*8-4-2-1-3-5(9)6(4)7(10)11/h1-10H;2*1-9H;1-4H3;2*1-3,8-9H. The molecule has 4 N–H and O–H groups in total. The number of para-hydroxylation sites is 6. The molecular weight excluding hydrogens is 957 g/mol. The predicted molar refractivity (Wildman–Crippen MR) is 302 cm³/mol. The molecule has 0 saturated heterocycles. The fraction of sp³-hybridized carbons (Fsp3) is 0.0645. The van der Waals surface area contributed by atoms with E-state index in [1.165, 1.54) is 66.0 Å². The van der Waals surface area contributed by atoms with Crippen LogP contribution in [-0.2, 0) is 0 Å². The van der Waals surface area contributed by atoms with Gasteiger partial charge in [-0.15, -0.1) is 0 Å². The molecule has 0 unspecified atom stereocenters. The fourth-order valence-electron chi connectivity index (χ4n) is 8.35. The van der Waals surface area contributed by atoms with E-state index in [0.717, 1.165) is 69.1 Å². The van der Waals surface area contributed by atoms with Gasteiger partial charge >= 0.3 is 11.4 Å². The summed E-state index contributed by atoms with van der Waals surface area (Å²) in [5.41, 5.74) is 7.05. The zero-order chi connectivity index (χ0) is 53.9. The van der Waals surface area contributed by atoms with Gasteiger partial charge in [0.1, 0.15) is 0 Å². The number of phenolic OH excluding ortho intramolecular Hbond substituents is 4. The Morgan fingerprint density at radius 1 is 0.303 bits per heavy atom. The van der Waals surface area contributed by atoms with Gasteiger partial charge in [-0.05, 0) is 121 Å². The third kappa shape index (κ3) is 12.1. The molecule has 14 heteroatoms. The summed E-state index contributed by atoms with van der Waals surface area (Å²) in [5.74, 6) is -2.13. The number of nitro benzene ring substituents is 2. The van der Waals surface area contributed by atoms with Crippen molar-refractivity contribution in [1.82, 2.24) is 19.9 Å². The monoisotopic (exact) mass is 1010 g/mol. The maximum absolute atomic E-state index is 10.1. The Balaban J connectivity index is 0.000000122. The van der Waals surface area contributed by atoms with Crippen LogP contribution >= 0.6 is 0 Å². The molecule has 3 heterocycles. The highest BCUT2D eigenvalue weighted by Gasteiger charge is 2.19. The Hall–Kier alpha value is -10.3. The van der Waals surface area contributed by atoms with Gasteiger partial charge in [-0.2, -0.15) is 0 Å². The van der Waals surface area contributed by atoms with Crippen LogP contribution in [0.15, 0.2) is 206 Å². The molecule has 0 atom stereocenters. The van der Waals surface area contributed by atoms with E-state index in [4.69, 9.17) is 20.4 Å². The molecule has 0 radical (unpaired) electrons. The van der Waals surface area contributed by atoms with E-state index in [1.54, 1.807) is 0 Å². The van der Waals surface area contributed by atoms with Crippen molar-refractivity contribution in [2.24, 2.45) is 0 Å². The molecule has 0 bridgehead atoms. The SMILES string of the molecule is Cc1nc(C)c(C)nc1C.O=[N+]([O-])c1c(O)cccc1O.O=[N+]([O-])c1c(O)cccc1O.c1cc2ccc3cccc4ccc(c1)c2c34.c1ccc2nc3ccccc3cc2c1.c1ccc2nc3ccccc3cc2c1. The van der Waals surface area contributed by atoms with E-state index >= 15 is 0 Å². The lowest BCUT2D eigenvalue weighted by Crippen LogP contribution is -1.97. The molecule has 0 aliphatic heterocycles. The summed E-state index contributed by atoms with van der Waals surface area (Å²) in [6.45, 7) is 7.92. The maximum atomic E-state index is 10.1. The lowest BCUT2D eigenvalue weighted by Gasteiger charge is -2.09. The molecular formula is C62H50N6O8. The summed E-state index contributed by atoms with van der Waals surface area (Å²) in [7, 11) is 0. The number of aromatic nitrogens is 4. The molecule has 13 rings (SSSR count). The number of nitrogens with zero attached hydrogens (tertiary/aromatic N) is 6. The van der Waals surface area contributed by atoms with Gasteiger partial charge < -0.3 is 20.4 Å². The number of aryl methyl sites for hydroxylation is 4. The second kappa shape index (κ2) is 23.5. The van der Waals surface area contributed by atoms with E-state index in [1.807, 2.05) is 100 Å². The quantitative estimate of drug-likeness (QED) is 0.0550. The highest BCUT2D eigenvalue weighted by atomic mass is 16.6. The van der Waals surface area contributed by atoms with Crippen molar-refractivity contribution >= 4 is 87.3 Å². The number of rotatable bonds is 2. The number of nitro groups is 2. The summed E-state index contributed by atoms with van der Waals surface area (Å²) >= 11 is 0. The first kappa shape index (κ1) is 52.0. The number of pyridine rings is 2. The zero-order valence-corrected chi connectivity index (χ0v) is 41.7. The molecule has 0 amide bonds. The summed E-state index contributed by atoms with van der Waals surface area (Å²) in [5, 5.41) is 68.6. The van der Waals surface area contributed by atoms with Crippen LogP contribution in [0.4, 0.5) is 11.4 Å². The van der Waals surface area contributed by atoms with Crippen LogP contribution in [0, 0.1) is 47.9 Å². The van der Waals surface area contributed by atoms with Gasteiger partial charge in [0.25, 0.3) is 0 Å². The van der Waals surface area contributed by atoms with Crippen molar-refractivity contribution in [2.45, 2.75) is 27.7 Å². The molecule has 0 aliphatic carbocycles. The molecule has 13 aromatic rings. The van der Waals surface area contributed by atoms with Crippen LogP contribution in [0.1, 0.15) is 22.8 Å². The predicted octanol–water partition coefficient (Wildman–Crippen LogP) is 15.1. The van der Waals surface area contributed by atoms with Gasteiger partial charge in [-0.3, -0.25) is 30.2 Å². The Kier molecular flexibility index (Phi) is 16.1. The van der Waals surface area contributed by atoms with Gasteiger partial charge in [0.2, 0.25) is 0 Å². The normalized spacial score (nSPS) is 10.5. The third-order valence-electron chi connectivity index (χ3n) is 12.3. The van der Waals surface area contributed by atoms with Gasteiger partial charge in [0, 0.05) is 21.5 Å². The van der Waals surface area contributed by atoms with Crippen molar-refractivity contribution in [3.8, 4) is 23.0 Å². The fourth-order valence-corrected chi connectivity index (χ4v) is 8.35. The summed E-state index contributed by atoms with van der Waals surface area (Å²) in [4.78, 5) is 36.3. The van der Waals surface area contributed by atoms with Gasteiger partial charge in [-0.25, -0.2) is 9.97 Å². The summed E-state index contributed by atoms with van der Waals surface area (Å²) < 4.78 is 0. The number of hydrogen-bond acceptors (Lipinski definition) is 12. The first-order chi connectivity index (χ1) is 36.7. The van der Waals surface area contributed by atoms with E-state index in [2.05, 4.69) is 117 Å². The van der Waals surface area contributed by atoms with Gasteiger partial charge in [0.15, 0.2) is 23.0 Å². The molecule has 0 saturated carbocycles. The van der Waals surface area contributed by atoms with Crippen molar-refractivity contribution in [3.63, 3.8) is 0 Å². The average Bonchev–Trinajstić information content (AvgIpc) is 3.43. The van der Waals surface area contributed by atoms with Crippen molar-refractivity contribution in [3.05, 3.63) is 249 Å². The van der Waals surface area contributed by atoms with E-state index in [-0.39, 0.29) is 0 Å². The molecule has 10 aromatic carbocycles. The summed E-state index contributed by atoms with van der Waals surface area (Å²) in [6.07, 6.45) is 0. The van der Waals surface area contributed by atoms with E-state index in [0.29, 0.717) is 0 Å². The molecule has 0 spiro atoms. The molecule has 14 nitrogen and oxygen atoms in total. The lowest BCUT2D eigenvalue weighted by atomic mass is 9.95. The van der Waals surface area contributed by atoms with Crippen molar-refractivity contribution in [1.29, 1.82) is 0 Å². The van der Waals surface area contributed by atoms with Gasteiger partial charge in [0.05, 0.1) is 54.7 Å². The highest BCUT2D eigenvalue weighted by molar-refractivity contribution is 6.22. The number of benzene rings is 10. The Bertz CT molecular complexity index is 3610. The van der Waals surface area contributed by atoms with Crippen LogP contribution in [0.2, 0.25) is 0 Å². The Morgan fingerprint density at radius 2 is 0.526 bits per heavy atom. The largest absolute Gasteiger partial charge is 0.502 e. The summed E-state index contributed by atoms with van der Waals surface area (Å²) in [6, 6.07) is 66.2. The second-order valence-electron chi connectivity index (χ2n) is 17.4. The number of fused-ring (bicyclic) bond motifs is 4. The third-order valence-corrected chi connectivity index (χ3v) is 12.3. The topological polar surface area (TPSA) is 219 Å². The molecule has 0 aliphatic rings. The van der Waals surface area contributed by atoms with Crippen molar-refractivity contribution < 1.29 is 30.3 Å². The van der Waals surface area contributed by atoms with E-state index in [9.17, 15) is 20.2 Å². The number of phenols is 4. The van der Waals surface area contributed by atoms with Gasteiger partial charge in [-0.1, -0.05) is 146 Å². The van der Waals surface area contributed by atoms with E-state index < -0.39 is 44.2 Å². The molecule has 0 fully saturated rings. The van der Waals surface area contributed by atoms with Crippen LogP contribution in [0.25, 0.3) is 75.9 Å². The maximum Gasteiger partial charge on any atom is 0.351 e. The Morgan fingerprint density at radius 3 is 0.763 bits per heavy atom. The minimum Gasteiger partial charge on any atom is -0.502 e. The van der Waals surface area contributed by atoms with Crippen LogP contribution in [0.3, 0.4) is 0 Å². The highest BCUT2D eigenvalue weighted by Crippen LogP contribution is 2.36. The van der Waals surface area contributed by atoms with Crippen LogP contribution in [-0.4, -0.2) is 50.2 Å². The smallest absolute Gasteiger partial charge is 0.351 e. The van der Waals surface area contributed by atoms with Crippen molar-refractivity contribution in [2.75, 3.05) is 0 Å². The lowest BCUT2D eigenvalue weighted by molar-refractivity contribution is -0.387. The second-order valence-corrected chi connectivity index (χ2v) is 17.4. The zero-order valence-electron chi connectivity index (χ0n) is 41.7.